The van der Waals surface area contributed by atoms with E-state index in [0.29, 0.717) is 6.10 Å². The zero-order valence-electron chi connectivity index (χ0n) is 17.2. The largest absolute Gasteiger partial charge is 0.497 e. The van der Waals surface area contributed by atoms with E-state index in [1.54, 1.807) is 7.11 Å². The van der Waals surface area contributed by atoms with Crippen LogP contribution in [0.25, 0.3) is 0 Å². The Balaban J connectivity index is 1.36. The van der Waals surface area contributed by atoms with Crippen LogP contribution in [0.4, 0.5) is 5.69 Å². The predicted octanol–water partition coefficient (Wildman–Crippen LogP) is 1.98. The van der Waals surface area contributed by atoms with Crippen molar-refractivity contribution in [3.8, 4) is 5.75 Å². The van der Waals surface area contributed by atoms with Crippen molar-refractivity contribution in [1.82, 2.24) is 10.2 Å². The average molecular weight is 391 g/mol. The molecule has 0 amide bonds. The van der Waals surface area contributed by atoms with Crippen LogP contribution in [0.15, 0.2) is 29.3 Å². The van der Waals surface area contributed by atoms with Gasteiger partial charge in [0.1, 0.15) is 5.75 Å². The molecule has 2 saturated heterocycles. The predicted molar refractivity (Wildman–Crippen MR) is 113 cm³/mol. The Kier molecular flexibility index (Phi) is 8.23. The Morgan fingerprint density at radius 2 is 2.00 bits per heavy atom. The van der Waals surface area contributed by atoms with Crippen molar-refractivity contribution in [2.45, 2.75) is 25.4 Å². The highest BCUT2D eigenvalue weighted by Gasteiger charge is 2.20. The molecule has 0 spiro atoms. The Labute approximate surface area is 168 Å². The highest BCUT2D eigenvalue weighted by atomic mass is 16.5. The van der Waals surface area contributed by atoms with Gasteiger partial charge in [-0.2, -0.15) is 0 Å². The van der Waals surface area contributed by atoms with Gasteiger partial charge in [0.2, 0.25) is 0 Å². The summed E-state index contributed by atoms with van der Waals surface area (Å²) in [6.45, 7) is 7.19. The minimum absolute atomic E-state index is 0.373. The third kappa shape index (κ3) is 6.01. The van der Waals surface area contributed by atoms with Gasteiger partial charge in [0.25, 0.3) is 0 Å². The van der Waals surface area contributed by atoms with Crippen molar-refractivity contribution in [2.24, 2.45) is 4.99 Å². The lowest BCUT2D eigenvalue weighted by Gasteiger charge is -2.37. The van der Waals surface area contributed by atoms with Gasteiger partial charge in [-0.1, -0.05) is 6.07 Å². The van der Waals surface area contributed by atoms with Crippen LogP contribution in [0.2, 0.25) is 0 Å². The molecule has 2 fully saturated rings. The topological polar surface area (TPSA) is 58.6 Å². The molecule has 7 heteroatoms. The van der Waals surface area contributed by atoms with Crippen LogP contribution in [0, 0.1) is 0 Å². The minimum Gasteiger partial charge on any atom is -0.497 e. The summed E-state index contributed by atoms with van der Waals surface area (Å²) in [7, 11) is 3.57. The summed E-state index contributed by atoms with van der Waals surface area (Å²) in [5.41, 5.74) is 1.22. The second-order valence-electron chi connectivity index (χ2n) is 7.19. The number of anilines is 1. The fourth-order valence-corrected chi connectivity index (χ4v) is 3.68. The van der Waals surface area contributed by atoms with E-state index in [-0.39, 0.29) is 0 Å². The van der Waals surface area contributed by atoms with Gasteiger partial charge >= 0.3 is 0 Å². The van der Waals surface area contributed by atoms with Crippen LogP contribution in [0.5, 0.6) is 5.75 Å². The van der Waals surface area contributed by atoms with Gasteiger partial charge in [0.05, 0.1) is 13.2 Å². The number of rotatable bonds is 7. The number of nitrogens with one attached hydrogen (secondary N) is 1. The van der Waals surface area contributed by atoms with Crippen molar-refractivity contribution >= 4 is 11.6 Å². The first kappa shape index (κ1) is 20.7. The molecule has 28 heavy (non-hydrogen) atoms. The molecule has 2 aliphatic rings. The number of guanidine groups is 1. The summed E-state index contributed by atoms with van der Waals surface area (Å²) in [6.07, 6.45) is 3.40. The van der Waals surface area contributed by atoms with E-state index < -0.39 is 0 Å². The van der Waals surface area contributed by atoms with E-state index in [1.807, 2.05) is 19.2 Å². The smallest absolute Gasteiger partial charge is 0.193 e. The second-order valence-corrected chi connectivity index (χ2v) is 7.19. The summed E-state index contributed by atoms with van der Waals surface area (Å²) in [5.74, 6) is 1.89. The second kappa shape index (κ2) is 11.1. The monoisotopic (exact) mass is 390 g/mol. The number of hydrogen-bond acceptors (Lipinski definition) is 5. The van der Waals surface area contributed by atoms with Crippen molar-refractivity contribution in [3.05, 3.63) is 24.3 Å². The van der Waals surface area contributed by atoms with E-state index in [9.17, 15) is 0 Å². The summed E-state index contributed by atoms with van der Waals surface area (Å²) in [4.78, 5) is 9.19. The van der Waals surface area contributed by atoms with Crippen LogP contribution in [-0.2, 0) is 9.47 Å². The zero-order chi connectivity index (χ0) is 19.6. The number of nitrogens with zero attached hydrogens (tertiary/aromatic N) is 3. The first-order valence-corrected chi connectivity index (χ1v) is 10.3. The zero-order valence-corrected chi connectivity index (χ0v) is 17.2. The summed E-state index contributed by atoms with van der Waals surface area (Å²) in [5, 5.41) is 3.48. The first-order valence-electron chi connectivity index (χ1n) is 10.3. The molecule has 156 valence electrons. The molecule has 0 aromatic heterocycles. The minimum atomic E-state index is 0.373. The number of ether oxygens (including phenoxy) is 3. The molecule has 0 aliphatic carbocycles. The van der Waals surface area contributed by atoms with E-state index in [2.05, 4.69) is 32.2 Å². The number of methoxy groups -OCH3 is 1. The van der Waals surface area contributed by atoms with Crippen molar-refractivity contribution < 1.29 is 14.2 Å². The van der Waals surface area contributed by atoms with E-state index in [0.717, 1.165) is 83.5 Å². The Morgan fingerprint density at radius 3 is 2.71 bits per heavy atom. The Bertz CT molecular complexity index is 611. The summed E-state index contributed by atoms with van der Waals surface area (Å²) < 4.78 is 16.6. The molecular weight excluding hydrogens is 356 g/mol. The molecule has 0 radical (unpaired) electrons. The fraction of sp³-hybridized carbons (Fsp3) is 0.667. The lowest BCUT2D eigenvalue weighted by molar-refractivity contribution is -0.0320. The van der Waals surface area contributed by atoms with Crippen LogP contribution in [-0.4, -0.2) is 83.7 Å². The average Bonchev–Trinajstić information content (AvgIpc) is 2.77. The van der Waals surface area contributed by atoms with E-state index >= 15 is 0 Å². The van der Waals surface area contributed by atoms with Crippen molar-refractivity contribution in [1.29, 1.82) is 0 Å². The molecule has 1 aromatic rings. The van der Waals surface area contributed by atoms with Gasteiger partial charge < -0.3 is 29.3 Å². The molecule has 2 heterocycles. The van der Waals surface area contributed by atoms with Crippen LogP contribution in [0.3, 0.4) is 0 Å². The number of benzene rings is 1. The van der Waals surface area contributed by atoms with E-state index in [1.165, 1.54) is 5.69 Å². The Hall–Kier alpha value is -1.99. The molecule has 1 N–H and O–H groups in total. The molecule has 0 saturated carbocycles. The molecule has 7 nitrogen and oxygen atoms in total. The molecule has 0 bridgehead atoms. The maximum Gasteiger partial charge on any atom is 0.193 e. The molecule has 3 rings (SSSR count). The van der Waals surface area contributed by atoms with Crippen LogP contribution >= 0.6 is 0 Å². The fourth-order valence-electron chi connectivity index (χ4n) is 3.68. The maximum atomic E-state index is 5.94. The van der Waals surface area contributed by atoms with Gasteiger partial charge in [-0.25, -0.2) is 0 Å². The molecule has 0 unspecified atom stereocenters. The first-order chi connectivity index (χ1) is 13.8. The third-order valence-electron chi connectivity index (χ3n) is 5.34. The normalized spacial score (nSPS) is 19.0. The SMILES string of the molecule is CN=C(NCCCOC1CCOCC1)N1CCN(c2cccc(OC)c2)CC1. The van der Waals surface area contributed by atoms with Gasteiger partial charge in [0.15, 0.2) is 5.96 Å². The molecule has 2 aliphatic heterocycles. The quantitative estimate of drug-likeness (QED) is 0.436. The third-order valence-corrected chi connectivity index (χ3v) is 5.34. The van der Waals surface area contributed by atoms with Crippen molar-refractivity contribution in [3.63, 3.8) is 0 Å². The Morgan fingerprint density at radius 1 is 1.21 bits per heavy atom. The van der Waals surface area contributed by atoms with Gasteiger partial charge in [-0.05, 0) is 31.4 Å². The maximum absolute atomic E-state index is 5.94. The van der Waals surface area contributed by atoms with Gasteiger partial charge in [-0.3, -0.25) is 4.99 Å². The standard InChI is InChI=1S/C21H34N4O3/c1-22-21(23-9-4-14-28-19-7-15-27-16-8-19)25-12-10-24(11-13-25)18-5-3-6-20(17-18)26-2/h3,5-6,17,19H,4,7-16H2,1-2H3,(H,22,23). The lowest BCUT2D eigenvalue weighted by Crippen LogP contribution is -2.52. The van der Waals surface area contributed by atoms with Crippen LogP contribution in [0.1, 0.15) is 19.3 Å². The van der Waals surface area contributed by atoms with Gasteiger partial charge in [-0.15, -0.1) is 0 Å². The van der Waals surface area contributed by atoms with E-state index in [4.69, 9.17) is 14.2 Å². The molecule has 1 aromatic carbocycles. The number of hydrogen-bond donors (Lipinski definition) is 1. The summed E-state index contributed by atoms with van der Waals surface area (Å²) in [6, 6.07) is 8.27. The highest BCUT2D eigenvalue weighted by Crippen LogP contribution is 2.22. The van der Waals surface area contributed by atoms with Crippen molar-refractivity contribution in [2.75, 3.05) is 71.6 Å². The lowest BCUT2D eigenvalue weighted by atomic mass is 10.1. The molecule has 0 atom stereocenters. The van der Waals surface area contributed by atoms with Crippen LogP contribution < -0.4 is 15.0 Å². The number of aliphatic imine (C=N–C) groups is 1. The number of piperazine rings is 1. The van der Waals surface area contributed by atoms with Gasteiger partial charge in [0, 0.05) is 71.3 Å². The highest BCUT2D eigenvalue weighted by molar-refractivity contribution is 5.80. The molecular formula is C21H34N4O3. The summed E-state index contributed by atoms with van der Waals surface area (Å²) >= 11 is 0.